The summed E-state index contributed by atoms with van der Waals surface area (Å²) in [7, 11) is 3.92. The van der Waals surface area contributed by atoms with Crippen LogP contribution in [0.5, 0.6) is 0 Å². The van der Waals surface area contributed by atoms with Gasteiger partial charge >= 0.3 is 5.69 Å². The number of H-pyrrole nitrogens is 1. The van der Waals surface area contributed by atoms with Gasteiger partial charge in [-0.1, -0.05) is 0 Å². The Labute approximate surface area is 145 Å². The number of carbonyl (C=O) groups excluding carboxylic acids is 1. The van der Waals surface area contributed by atoms with E-state index in [1.165, 1.54) is 10.8 Å². The number of aromatic nitrogens is 2. The topological polar surface area (TPSA) is 106 Å². The highest BCUT2D eigenvalue weighted by atomic mass is 16.5. The predicted octanol–water partition coefficient (Wildman–Crippen LogP) is -1.30. The zero-order valence-electron chi connectivity index (χ0n) is 14.9. The molecule has 25 heavy (non-hydrogen) atoms. The smallest absolute Gasteiger partial charge is 0.328 e. The van der Waals surface area contributed by atoms with Crippen molar-refractivity contribution in [1.82, 2.24) is 19.8 Å². The average Bonchev–Trinajstić information content (AvgIpc) is 2.54. The summed E-state index contributed by atoms with van der Waals surface area (Å²) in [5, 5.41) is 2.91. The molecule has 9 nitrogen and oxygen atoms in total. The first-order valence-corrected chi connectivity index (χ1v) is 8.30. The Balaban J connectivity index is 1.94. The Morgan fingerprint density at radius 1 is 1.48 bits per heavy atom. The second-order valence-corrected chi connectivity index (χ2v) is 6.45. The van der Waals surface area contributed by atoms with Gasteiger partial charge in [-0.05, 0) is 27.4 Å². The number of aryl methyl sites for hydroxylation is 1. The van der Waals surface area contributed by atoms with Crippen molar-refractivity contribution in [1.29, 1.82) is 0 Å². The van der Waals surface area contributed by atoms with Crippen LogP contribution in [0.3, 0.4) is 0 Å². The predicted molar refractivity (Wildman–Crippen MR) is 91.7 cm³/mol. The van der Waals surface area contributed by atoms with E-state index in [4.69, 9.17) is 9.47 Å². The van der Waals surface area contributed by atoms with E-state index in [9.17, 15) is 14.4 Å². The zero-order chi connectivity index (χ0) is 18.4. The highest BCUT2D eigenvalue weighted by Crippen LogP contribution is 2.11. The van der Waals surface area contributed by atoms with Crippen molar-refractivity contribution in [2.24, 2.45) is 0 Å². The minimum Gasteiger partial charge on any atom is -0.379 e. The molecule has 0 bridgehead atoms. The van der Waals surface area contributed by atoms with Crippen molar-refractivity contribution in [3.05, 3.63) is 32.6 Å². The van der Waals surface area contributed by atoms with E-state index in [1.54, 1.807) is 6.92 Å². The van der Waals surface area contributed by atoms with Gasteiger partial charge in [-0.2, -0.15) is 0 Å². The van der Waals surface area contributed by atoms with Gasteiger partial charge in [0, 0.05) is 24.9 Å². The fourth-order valence-electron chi connectivity index (χ4n) is 2.57. The first-order valence-electron chi connectivity index (χ1n) is 8.30. The number of hydrogen-bond donors (Lipinski definition) is 2. The Kier molecular flexibility index (Phi) is 6.91. The van der Waals surface area contributed by atoms with Gasteiger partial charge in [0.2, 0.25) is 5.91 Å². The van der Waals surface area contributed by atoms with E-state index in [0.717, 1.165) is 6.54 Å². The summed E-state index contributed by atoms with van der Waals surface area (Å²) in [5.41, 5.74) is -0.666. The molecular weight excluding hydrogens is 328 g/mol. The highest BCUT2D eigenvalue weighted by Gasteiger charge is 2.28. The van der Waals surface area contributed by atoms with Crippen LogP contribution in [0.25, 0.3) is 0 Å². The molecule has 0 radical (unpaired) electrons. The van der Waals surface area contributed by atoms with E-state index in [0.29, 0.717) is 31.8 Å². The summed E-state index contributed by atoms with van der Waals surface area (Å²) in [5.74, 6) is -0.304. The van der Waals surface area contributed by atoms with E-state index in [-0.39, 0.29) is 24.6 Å². The van der Waals surface area contributed by atoms with Gasteiger partial charge in [-0.3, -0.25) is 19.1 Å². The monoisotopic (exact) mass is 354 g/mol. The van der Waals surface area contributed by atoms with Crippen LogP contribution < -0.4 is 16.6 Å². The minimum absolute atomic E-state index is 0.155. The SMILES string of the molecule is Cc1cn(CC(=O)N[C@@H]2CCOC[C@H]2OCCN(C)C)c(=O)[nH]c1=O. The maximum atomic E-state index is 12.3. The number of rotatable bonds is 7. The van der Waals surface area contributed by atoms with Crippen LogP contribution in [0.15, 0.2) is 15.8 Å². The molecule has 2 rings (SSSR count). The van der Waals surface area contributed by atoms with Crippen molar-refractivity contribution in [2.75, 3.05) is 40.5 Å². The van der Waals surface area contributed by atoms with Gasteiger partial charge < -0.3 is 19.7 Å². The molecule has 140 valence electrons. The molecule has 1 aromatic heterocycles. The lowest BCUT2D eigenvalue weighted by Crippen LogP contribution is -2.51. The van der Waals surface area contributed by atoms with Crippen molar-refractivity contribution in [3.8, 4) is 0 Å². The molecule has 0 aliphatic carbocycles. The van der Waals surface area contributed by atoms with E-state index in [1.807, 2.05) is 19.0 Å². The molecule has 2 N–H and O–H groups in total. The molecule has 1 aliphatic heterocycles. The molecule has 0 saturated carbocycles. The standard InChI is InChI=1S/C16H26N4O5/c1-11-8-20(16(23)18-15(11)22)9-14(21)17-12-4-6-24-10-13(12)25-7-5-19(2)3/h8,12-13H,4-7,9-10H2,1-3H3,(H,17,21)(H,18,22,23)/t12-,13-/m1/s1. The van der Waals surface area contributed by atoms with Gasteiger partial charge in [-0.25, -0.2) is 4.79 Å². The molecule has 2 heterocycles. The number of carbonyl (C=O) groups is 1. The molecule has 2 atom stereocenters. The summed E-state index contributed by atoms with van der Waals surface area (Å²) < 4.78 is 12.4. The second kappa shape index (κ2) is 8.93. The fraction of sp³-hybridized carbons (Fsp3) is 0.688. The minimum atomic E-state index is -0.600. The number of ether oxygens (including phenoxy) is 2. The molecule has 0 aromatic carbocycles. The number of amides is 1. The third kappa shape index (κ3) is 5.80. The van der Waals surface area contributed by atoms with Gasteiger partial charge in [-0.15, -0.1) is 0 Å². The average molecular weight is 354 g/mol. The summed E-state index contributed by atoms with van der Waals surface area (Å²) >= 11 is 0. The molecule has 1 saturated heterocycles. The quantitative estimate of drug-likeness (QED) is 0.630. The van der Waals surface area contributed by atoms with Gasteiger partial charge in [0.25, 0.3) is 5.56 Å². The van der Waals surface area contributed by atoms with E-state index < -0.39 is 11.2 Å². The van der Waals surface area contributed by atoms with Crippen LogP contribution in [0.4, 0.5) is 0 Å². The molecule has 0 unspecified atom stereocenters. The Hall–Kier alpha value is -1.97. The molecule has 1 aromatic rings. The molecule has 1 aliphatic rings. The lowest BCUT2D eigenvalue weighted by molar-refractivity contribution is -0.126. The molecular formula is C16H26N4O5. The lowest BCUT2D eigenvalue weighted by Gasteiger charge is -2.32. The number of likely N-dealkylation sites (N-methyl/N-ethyl adjacent to an activating group) is 1. The summed E-state index contributed by atoms with van der Waals surface area (Å²) in [6.07, 6.45) is 1.82. The van der Waals surface area contributed by atoms with Crippen LogP contribution in [-0.2, 0) is 20.8 Å². The summed E-state index contributed by atoms with van der Waals surface area (Å²) in [4.78, 5) is 39.6. The van der Waals surface area contributed by atoms with Crippen LogP contribution in [-0.4, -0.2) is 73.0 Å². The van der Waals surface area contributed by atoms with Crippen LogP contribution >= 0.6 is 0 Å². The number of aromatic amines is 1. The first kappa shape index (κ1) is 19.4. The summed E-state index contributed by atoms with van der Waals surface area (Å²) in [6, 6.07) is -0.164. The number of hydrogen-bond acceptors (Lipinski definition) is 6. The van der Waals surface area contributed by atoms with Crippen molar-refractivity contribution in [3.63, 3.8) is 0 Å². The second-order valence-electron chi connectivity index (χ2n) is 6.45. The van der Waals surface area contributed by atoms with Crippen LogP contribution in [0, 0.1) is 6.92 Å². The van der Waals surface area contributed by atoms with Crippen molar-refractivity contribution < 1.29 is 14.3 Å². The van der Waals surface area contributed by atoms with Gasteiger partial charge in [0.1, 0.15) is 12.6 Å². The molecule has 9 heteroatoms. The summed E-state index contributed by atoms with van der Waals surface area (Å²) in [6.45, 7) is 3.74. The highest BCUT2D eigenvalue weighted by molar-refractivity contribution is 5.76. The van der Waals surface area contributed by atoms with E-state index in [2.05, 4.69) is 10.3 Å². The van der Waals surface area contributed by atoms with Crippen molar-refractivity contribution in [2.45, 2.75) is 32.0 Å². The largest absolute Gasteiger partial charge is 0.379 e. The third-order valence-electron chi connectivity index (χ3n) is 4.02. The Morgan fingerprint density at radius 2 is 2.24 bits per heavy atom. The van der Waals surface area contributed by atoms with Crippen molar-refractivity contribution >= 4 is 5.91 Å². The molecule has 1 fully saturated rings. The van der Waals surface area contributed by atoms with E-state index >= 15 is 0 Å². The number of nitrogens with zero attached hydrogens (tertiary/aromatic N) is 2. The fourth-order valence-corrected chi connectivity index (χ4v) is 2.57. The zero-order valence-corrected chi connectivity index (χ0v) is 14.9. The maximum absolute atomic E-state index is 12.3. The number of nitrogens with one attached hydrogen (secondary N) is 2. The van der Waals surface area contributed by atoms with Gasteiger partial charge in [0.05, 0.1) is 19.3 Å². The normalized spacial score (nSPS) is 20.6. The molecule has 1 amide bonds. The molecule has 0 spiro atoms. The third-order valence-corrected chi connectivity index (χ3v) is 4.02. The Bertz CT molecular complexity index is 697. The maximum Gasteiger partial charge on any atom is 0.328 e. The van der Waals surface area contributed by atoms with Crippen LogP contribution in [0.2, 0.25) is 0 Å². The first-order chi connectivity index (χ1) is 11.9. The van der Waals surface area contributed by atoms with Gasteiger partial charge in [0.15, 0.2) is 0 Å². The lowest BCUT2D eigenvalue weighted by atomic mass is 10.1. The Morgan fingerprint density at radius 3 is 2.96 bits per heavy atom. The van der Waals surface area contributed by atoms with Crippen LogP contribution in [0.1, 0.15) is 12.0 Å².